The molecular weight excluding hydrogens is 594 g/mol. The summed E-state index contributed by atoms with van der Waals surface area (Å²) in [6.07, 6.45) is 0.239. The fourth-order valence-electron chi connectivity index (χ4n) is 4.86. The number of rotatable bonds is 11. The molecule has 4 rings (SSSR count). The van der Waals surface area contributed by atoms with E-state index >= 15 is 0 Å². The first-order valence-electron chi connectivity index (χ1n) is 14.4. The number of amides is 2. The Morgan fingerprint density at radius 1 is 0.841 bits per heavy atom. The second-order valence-corrected chi connectivity index (χ2v) is 14.0. The summed E-state index contributed by atoms with van der Waals surface area (Å²) in [6, 6.07) is 30.5. The van der Waals surface area contributed by atoms with Gasteiger partial charge in [0.1, 0.15) is 12.6 Å². The number of carbonyl (C=O) groups excluding carboxylic acids is 2. The lowest BCUT2D eigenvalue weighted by Gasteiger charge is -2.35. The van der Waals surface area contributed by atoms with Gasteiger partial charge in [-0.1, -0.05) is 90.5 Å². The van der Waals surface area contributed by atoms with E-state index in [1.807, 2.05) is 82.3 Å². The molecule has 230 valence electrons. The van der Waals surface area contributed by atoms with Gasteiger partial charge in [-0.25, -0.2) is 8.42 Å². The van der Waals surface area contributed by atoms with Gasteiger partial charge in [0, 0.05) is 23.5 Å². The standard InChI is InChI=1S/C35H38ClN3O4S/c1-26-14-11-12-17-28(26)24-38(32(34(41)37-35(2,3)4)22-27-15-7-5-8-16-27)33(40)25-39(30-19-13-18-29(36)23-30)44(42,43)31-20-9-6-10-21-31/h5-21,23,32H,22,24-25H2,1-4H3,(H,37,41). The fourth-order valence-corrected chi connectivity index (χ4v) is 6.47. The molecule has 7 nitrogen and oxygen atoms in total. The van der Waals surface area contributed by atoms with Crippen molar-refractivity contribution in [3.63, 3.8) is 0 Å². The maximum atomic E-state index is 14.5. The van der Waals surface area contributed by atoms with Crippen molar-refractivity contribution in [3.8, 4) is 0 Å². The highest BCUT2D eigenvalue weighted by molar-refractivity contribution is 7.92. The molecule has 9 heteroatoms. The van der Waals surface area contributed by atoms with E-state index in [1.54, 1.807) is 36.4 Å². The maximum absolute atomic E-state index is 14.5. The lowest BCUT2D eigenvalue weighted by molar-refractivity contribution is -0.140. The molecule has 2 amide bonds. The summed E-state index contributed by atoms with van der Waals surface area (Å²) < 4.78 is 29.1. The predicted octanol–water partition coefficient (Wildman–Crippen LogP) is 6.40. The highest BCUT2D eigenvalue weighted by Crippen LogP contribution is 2.27. The van der Waals surface area contributed by atoms with Crippen molar-refractivity contribution in [1.82, 2.24) is 10.2 Å². The van der Waals surface area contributed by atoms with Crippen molar-refractivity contribution >= 4 is 39.1 Å². The van der Waals surface area contributed by atoms with E-state index in [0.29, 0.717) is 5.02 Å². The fraction of sp³-hybridized carbons (Fsp3) is 0.257. The lowest BCUT2D eigenvalue weighted by atomic mass is 10.00. The highest BCUT2D eigenvalue weighted by Gasteiger charge is 2.35. The smallest absolute Gasteiger partial charge is 0.264 e. The Hall–Kier alpha value is -4.14. The van der Waals surface area contributed by atoms with Crippen LogP contribution in [0.5, 0.6) is 0 Å². The van der Waals surface area contributed by atoms with E-state index in [2.05, 4.69) is 5.32 Å². The monoisotopic (exact) mass is 631 g/mol. The SMILES string of the molecule is Cc1ccccc1CN(C(=O)CN(c1cccc(Cl)c1)S(=O)(=O)c1ccccc1)C(Cc1ccccc1)C(=O)NC(C)(C)C. The van der Waals surface area contributed by atoms with Crippen LogP contribution < -0.4 is 9.62 Å². The average Bonchev–Trinajstić information content (AvgIpc) is 2.98. The lowest BCUT2D eigenvalue weighted by Crippen LogP contribution is -2.56. The third kappa shape index (κ3) is 8.49. The first-order chi connectivity index (χ1) is 20.8. The molecule has 0 fully saturated rings. The molecule has 0 radical (unpaired) electrons. The number of nitrogens with one attached hydrogen (secondary N) is 1. The van der Waals surface area contributed by atoms with E-state index in [-0.39, 0.29) is 29.5 Å². The normalized spacial score (nSPS) is 12.3. The van der Waals surface area contributed by atoms with Gasteiger partial charge in [0.2, 0.25) is 11.8 Å². The van der Waals surface area contributed by atoms with Gasteiger partial charge in [-0.05, 0) is 74.7 Å². The van der Waals surface area contributed by atoms with E-state index in [0.717, 1.165) is 21.0 Å². The van der Waals surface area contributed by atoms with Crippen LogP contribution in [0.15, 0.2) is 114 Å². The molecule has 0 saturated heterocycles. The van der Waals surface area contributed by atoms with Crippen LogP contribution in [0.3, 0.4) is 0 Å². The second-order valence-electron chi connectivity index (χ2n) is 11.7. The van der Waals surface area contributed by atoms with Crippen LogP contribution in [0.1, 0.15) is 37.5 Å². The minimum absolute atomic E-state index is 0.0320. The van der Waals surface area contributed by atoms with Crippen LogP contribution in [-0.4, -0.2) is 43.3 Å². The van der Waals surface area contributed by atoms with Crippen molar-refractivity contribution < 1.29 is 18.0 Å². The van der Waals surface area contributed by atoms with Crippen molar-refractivity contribution in [3.05, 3.63) is 131 Å². The second kappa shape index (κ2) is 14.1. The third-order valence-corrected chi connectivity index (χ3v) is 9.10. The molecule has 44 heavy (non-hydrogen) atoms. The van der Waals surface area contributed by atoms with Gasteiger partial charge in [-0.15, -0.1) is 0 Å². The van der Waals surface area contributed by atoms with Gasteiger partial charge in [0.05, 0.1) is 10.6 Å². The molecule has 0 aliphatic heterocycles. The zero-order chi connectivity index (χ0) is 31.9. The Kier molecular flexibility index (Phi) is 10.5. The number of anilines is 1. The Morgan fingerprint density at radius 3 is 2.07 bits per heavy atom. The molecule has 1 N–H and O–H groups in total. The molecule has 4 aromatic carbocycles. The van der Waals surface area contributed by atoms with Gasteiger partial charge in [0.15, 0.2) is 0 Å². The van der Waals surface area contributed by atoms with Gasteiger partial charge in [-0.3, -0.25) is 13.9 Å². The van der Waals surface area contributed by atoms with E-state index in [1.165, 1.54) is 23.1 Å². The molecule has 1 unspecified atom stereocenters. The first kappa shape index (κ1) is 32.8. The van der Waals surface area contributed by atoms with Gasteiger partial charge in [-0.2, -0.15) is 0 Å². The number of benzene rings is 4. The molecule has 1 atom stereocenters. The number of aryl methyl sites for hydroxylation is 1. The number of sulfonamides is 1. The number of carbonyl (C=O) groups is 2. The van der Waals surface area contributed by atoms with Crippen molar-refractivity contribution in [2.75, 3.05) is 10.8 Å². The predicted molar refractivity (Wildman–Crippen MR) is 176 cm³/mol. The topological polar surface area (TPSA) is 86.8 Å². The van der Waals surface area contributed by atoms with E-state index in [4.69, 9.17) is 11.6 Å². The minimum atomic E-state index is -4.19. The maximum Gasteiger partial charge on any atom is 0.264 e. The number of nitrogens with zero attached hydrogens (tertiary/aromatic N) is 2. The molecule has 0 aromatic heterocycles. The van der Waals surface area contributed by atoms with E-state index in [9.17, 15) is 18.0 Å². The molecular formula is C35H38ClN3O4S. The quantitative estimate of drug-likeness (QED) is 0.208. The molecule has 0 aliphatic rings. The summed E-state index contributed by atoms with van der Waals surface area (Å²) in [5.41, 5.74) is 2.34. The molecule has 0 aliphatic carbocycles. The highest BCUT2D eigenvalue weighted by atomic mass is 35.5. The Morgan fingerprint density at radius 2 is 1.45 bits per heavy atom. The van der Waals surface area contributed by atoms with Gasteiger partial charge < -0.3 is 10.2 Å². The van der Waals surface area contributed by atoms with Crippen LogP contribution in [0.25, 0.3) is 0 Å². The van der Waals surface area contributed by atoms with E-state index < -0.39 is 34.1 Å². The molecule has 0 spiro atoms. The van der Waals surface area contributed by atoms with Crippen molar-refractivity contribution in [2.45, 2.75) is 57.1 Å². The zero-order valence-electron chi connectivity index (χ0n) is 25.4. The molecule has 0 heterocycles. The number of hydrogen-bond acceptors (Lipinski definition) is 4. The Labute approximate surface area is 265 Å². The Bertz CT molecular complexity index is 1690. The third-order valence-electron chi connectivity index (χ3n) is 7.08. The minimum Gasteiger partial charge on any atom is -0.350 e. The zero-order valence-corrected chi connectivity index (χ0v) is 27.0. The first-order valence-corrected chi connectivity index (χ1v) is 16.2. The van der Waals surface area contributed by atoms with Crippen LogP contribution in [0.2, 0.25) is 5.02 Å². The van der Waals surface area contributed by atoms with Crippen molar-refractivity contribution in [2.24, 2.45) is 0 Å². The Balaban J connectivity index is 1.82. The molecule has 0 saturated carbocycles. The van der Waals surface area contributed by atoms with Gasteiger partial charge >= 0.3 is 0 Å². The average molecular weight is 632 g/mol. The molecule has 0 bridgehead atoms. The van der Waals surface area contributed by atoms with Crippen LogP contribution in [-0.2, 0) is 32.6 Å². The summed E-state index contributed by atoms with van der Waals surface area (Å²) in [4.78, 5) is 30.0. The van der Waals surface area contributed by atoms with Crippen LogP contribution in [0.4, 0.5) is 5.69 Å². The van der Waals surface area contributed by atoms with Crippen LogP contribution >= 0.6 is 11.6 Å². The molecule has 4 aromatic rings. The van der Waals surface area contributed by atoms with Crippen molar-refractivity contribution in [1.29, 1.82) is 0 Å². The number of halogens is 1. The summed E-state index contributed by atoms with van der Waals surface area (Å²) in [5, 5.41) is 3.37. The summed E-state index contributed by atoms with van der Waals surface area (Å²) in [7, 11) is -4.19. The summed E-state index contributed by atoms with van der Waals surface area (Å²) >= 11 is 6.28. The van der Waals surface area contributed by atoms with Gasteiger partial charge in [0.25, 0.3) is 10.0 Å². The summed E-state index contributed by atoms with van der Waals surface area (Å²) in [5.74, 6) is -0.860. The largest absolute Gasteiger partial charge is 0.350 e. The summed E-state index contributed by atoms with van der Waals surface area (Å²) in [6.45, 7) is 7.15. The van der Waals surface area contributed by atoms with Crippen LogP contribution in [0, 0.1) is 6.92 Å². The number of hydrogen-bond donors (Lipinski definition) is 1.